The summed E-state index contributed by atoms with van der Waals surface area (Å²) in [6, 6.07) is 8.01. The average Bonchev–Trinajstić information content (AvgIpc) is 2.89. The number of nitrogens with one attached hydrogen (secondary N) is 1. The zero-order chi connectivity index (χ0) is 13.7. The molecule has 1 amide bonds. The van der Waals surface area contributed by atoms with Crippen LogP contribution in [-0.4, -0.2) is 26.7 Å². The van der Waals surface area contributed by atoms with Gasteiger partial charge in [-0.05, 0) is 28.1 Å². The summed E-state index contributed by atoms with van der Waals surface area (Å²) in [6.07, 6.45) is 1.57. The summed E-state index contributed by atoms with van der Waals surface area (Å²) in [5.41, 5.74) is 2.23. The number of hydrazine groups is 1. The predicted octanol–water partition coefficient (Wildman–Crippen LogP) is 1.44. The summed E-state index contributed by atoms with van der Waals surface area (Å²) in [7, 11) is 0. The molecule has 100 valence electrons. The zero-order valence-corrected chi connectivity index (χ0v) is 12.3. The second-order valence-electron chi connectivity index (χ2n) is 3.62. The van der Waals surface area contributed by atoms with E-state index in [2.05, 4.69) is 26.2 Å². The molecule has 0 fully saturated rings. The van der Waals surface area contributed by atoms with Gasteiger partial charge in [0.2, 0.25) is 0 Å². The second-order valence-corrected chi connectivity index (χ2v) is 5.61. The smallest absolute Gasteiger partial charge is 0.287 e. The molecular weight excluding hydrogens is 330 g/mol. The first kappa shape index (κ1) is 14.0. The van der Waals surface area contributed by atoms with Crippen LogP contribution in [0.5, 0.6) is 0 Å². The molecule has 0 aliphatic carbocycles. The van der Waals surface area contributed by atoms with E-state index in [0.717, 1.165) is 10.2 Å². The molecule has 0 saturated carbocycles. The van der Waals surface area contributed by atoms with Crippen molar-refractivity contribution < 1.29 is 4.79 Å². The minimum Gasteiger partial charge on any atom is -0.289 e. The number of nitrogen functional groups attached to an aromatic ring is 1. The van der Waals surface area contributed by atoms with Crippen molar-refractivity contribution in [1.82, 2.24) is 20.4 Å². The summed E-state index contributed by atoms with van der Waals surface area (Å²) in [5.74, 6) is 5.41. The van der Waals surface area contributed by atoms with Crippen LogP contribution in [0.3, 0.4) is 0 Å². The van der Waals surface area contributed by atoms with Gasteiger partial charge in [0, 0.05) is 15.1 Å². The topological polar surface area (TPSA) is 85.8 Å². The molecule has 1 heterocycles. The van der Waals surface area contributed by atoms with Gasteiger partial charge in [-0.3, -0.25) is 14.9 Å². The number of thioether (sulfide) groups is 1. The lowest BCUT2D eigenvalue weighted by Gasteiger charge is -2.03. The first-order valence-corrected chi connectivity index (χ1v) is 7.27. The fraction of sp³-hybridized carbons (Fsp3) is 0.182. The molecule has 0 spiro atoms. The molecule has 0 radical (unpaired) electrons. The van der Waals surface area contributed by atoms with Crippen LogP contribution < -0.4 is 11.3 Å². The third-order valence-corrected chi connectivity index (χ3v) is 4.32. The van der Waals surface area contributed by atoms with Gasteiger partial charge in [-0.2, -0.15) is 0 Å². The van der Waals surface area contributed by atoms with E-state index in [4.69, 9.17) is 5.84 Å². The molecule has 0 atom stereocenters. The number of nitrogens with zero attached hydrogens (tertiary/aromatic N) is 3. The van der Waals surface area contributed by atoms with Crippen LogP contribution in [0.15, 0.2) is 39.8 Å². The van der Waals surface area contributed by atoms with Crippen LogP contribution >= 0.6 is 27.7 Å². The summed E-state index contributed by atoms with van der Waals surface area (Å²) in [5, 5.41) is 7.60. The van der Waals surface area contributed by atoms with Crippen molar-refractivity contribution in [3.8, 4) is 0 Å². The fourth-order valence-corrected chi connectivity index (χ4v) is 2.90. The highest BCUT2D eigenvalue weighted by molar-refractivity contribution is 9.10. The van der Waals surface area contributed by atoms with Gasteiger partial charge in [0.1, 0.15) is 0 Å². The monoisotopic (exact) mass is 341 g/mol. The zero-order valence-electron chi connectivity index (χ0n) is 9.91. The van der Waals surface area contributed by atoms with Gasteiger partial charge in [-0.1, -0.05) is 17.3 Å². The van der Waals surface area contributed by atoms with E-state index in [1.807, 2.05) is 29.7 Å². The number of nitrogens with two attached hydrogens (primary N) is 1. The number of benzene rings is 1. The van der Waals surface area contributed by atoms with Crippen molar-refractivity contribution in [3.05, 3.63) is 40.6 Å². The Labute approximate surface area is 122 Å². The van der Waals surface area contributed by atoms with E-state index in [0.29, 0.717) is 6.54 Å². The molecular formula is C11H12BrN5OS. The number of hydrogen-bond donors (Lipinski definition) is 2. The number of aryl methyl sites for hydroxylation is 1. The lowest BCUT2D eigenvalue weighted by Crippen LogP contribution is -2.30. The lowest BCUT2D eigenvalue weighted by molar-refractivity contribution is 0.0948. The average molecular weight is 342 g/mol. The number of amides is 1. The molecule has 0 aliphatic heterocycles. The molecule has 1 aromatic carbocycles. The van der Waals surface area contributed by atoms with Gasteiger partial charge in [-0.15, -0.1) is 16.9 Å². The second kappa shape index (κ2) is 6.69. The fourth-order valence-electron chi connectivity index (χ4n) is 1.40. The first-order chi connectivity index (χ1) is 9.20. The van der Waals surface area contributed by atoms with E-state index in [9.17, 15) is 4.79 Å². The normalized spacial score (nSPS) is 10.4. The van der Waals surface area contributed by atoms with Crippen LogP contribution in [0.4, 0.5) is 0 Å². The third-order valence-electron chi connectivity index (χ3n) is 2.32. The quantitative estimate of drug-likeness (QED) is 0.372. The van der Waals surface area contributed by atoms with Crippen LogP contribution in [0.1, 0.15) is 10.5 Å². The van der Waals surface area contributed by atoms with Crippen LogP contribution in [0, 0.1) is 0 Å². The summed E-state index contributed by atoms with van der Waals surface area (Å²) in [6.45, 7) is 0.664. The first-order valence-electron chi connectivity index (χ1n) is 5.49. The van der Waals surface area contributed by atoms with E-state index < -0.39 is 5.91 Å². The molecule has 0 bridgehead atoms. The highest BCUT2D eigenvalue weighted by atomic mass is 79.9. The Hall–Kier alpha value is -1.38. The van der Waals surface area contributed by atoms with Gasteiger partial charge in [0.05, 0.1) is 12.7 Å². The van der Waals surface area contributed by atoms with Crippen molar-refractivity contribution in [2.75, 3.05) is 5.75 Å². The van der Waals surface area contributed by atoms with Gasteiger partial charge in [0.15, 0.2) is 5.69 Å². The summed E-state index contributed by atoms with van der Waals surface area (Å²) in [4.78, 5) is 12.4. The number of carbonyl (C=O) groups excluding carboxylic acids is 1. The maximum Gasteiger partial charge on any atom is 0.287 e. The largest absolute Gasteiger partial charge is 0.289 e. The van der Waals surface area contributed by atoms with Gasteiger partial charge in [0.25, 0.3) is 5.91 Å². The van der Waals surface area contributed by atoms with Crippen molar-refractivity contribution in [2.45, 2.75) is 11.4 Å². The number of aromatic nitrogens is 3. The SMILES string of the molecule is NNC(=O)c1cn(CCSc2ccccc2Br)nn1. The van der Waals surface area contributed by atoms with Crippen LogP contribution in [0.2, 0.25) is 0 Å². The Balaban J connectivity index is 1.88. The Morgan fingerprint density at radius 2 is 2.26 bits per heavy atom. The predicted molar refractivity (Wildman–Crippen MR) is 76.5 cm³/mol. The number of carbonyl (C=O) groups is 1. The Bertz CT molecular complexity index is 574. The maximum absolute atomic E-state index is 11.2. The molecule has 3 N–H and O–H groups in total. The number of hydrogen-bond acceptors (Lipinski definition) is 5. The molecule has 0 aliphatic rings. The molecule has 0 saturated heterocycles. The third kappa shape index (κ3) is 3.79. The lowest BCUT2D eigenvalue weighted by atomic mass is 10.4. The molecule has 19 heavy (non-hydrogen) atoms. The molecule has 2 aromatic rings. The van der Waals surface area contributed by atoms with Crippen molar-refractivity contribution in [1.29, 1.82) is 0 Å². The Morgan fingerprint density at radius 3 is 3.00 bits per heavy atom. The van der Waals surface area contributed by atoms with Crippen LogP contribution in [-0.2, 0) is 6.54 Å². The molecule has 8 heteroatoms. The standard InChI is InChI=1S/C11H12BrN5OS/c12-8-3-1-2-4-10(8)19-6-5-17-7-9(15-16-17)11(18)14-13/h1-4,7H,5-6,13H2,(H,14,18). The Kier molecular flexibility index (Phi) is 4.94. The maximum atomic E-state index is 11.2. The Morgan fingerprint density at radius 1 is 1.47 bits per heavy atom. The van der Waals surface area contributed by atoms with E-state index in [1.165, 1.54) is 4.90 Å². The van der Waals surface area contributed by atoms with Crippen molar-refractivity contribution >= 4 is 33.6 Å². The molecule has 1 aromatic heterocycles. The summed E-state index contributed by atoms with van der Waals surface area (Å²) >= 11 is 5.20. The van der Waals surface area contributed by atoms with Gasteiger partial charge in [-0.25, -0.2) is 5.84 Å². The molecule has 2 rings (SSSR count). The minimum absolute atomic E-state index is 0.216. The van der Waals surface area contributed by atoms with Gasteiger partial charge >= 0.3 is 0 Å². The van der Waals surface area contributed by atoms with Crippen molar-refractivity contribution in [2.24, 2.45) is 5.84 Å². The summed E-state index contributed by atoms with van der Waals surface area (Å²) < 4.78 is 2.69. The minimum atomic E-state index is -0.440. The molecule has 6 nitrogen and oxygen atoms in total. The number of rotatable bonds is 5. The van der Waals surface area contributed by atoms with Crippen LogP contribution in [0.25, 0.3) is 0 Å². The van der Waals surface area contributed by atoms with Gasteiger partial charge < -0.3 is 0 Å². The van der Waals surface area contributed by atoms with Crippen molar-refractivity contribution in [3.63, 3.8) is 0 Å². The van der Waals surface area contributed by atoms with E-state index >= 15 is 0 Å². The molecule has 0 unspecified atom stereocenters. The van der Waals surface area contributed by atoms with E-state index in [1.54, 1.807) is 22.6 Å². The highest BCUT2D eigenvalue weighted by Crippen LogP contribution is 2.26. The van der Waals surface area contributed by atoms with E-state index in [-0.39, 0.29) is 5.69 Å². The highest BCUT2D eigenvalue weighted by Gasteiger charge is 2.08. The number of halogens is 1.